The molecule has 0 radical (unpaired) electrons. The maximum absolute atomic E-state index is 11.5. The summed E-state index contributed by atoms with van der Waals surface area (Å²) in [7, 11) is 0. The summed E-state index contributed by atoms with van der Waals surface area (Å²) < 4.78 is 11.0. The first-order valence-electron chi connectivity index (χ1n) is 6.75. The summed E-state index contributed by atoms with van der Waals surface area (Å²) >= 11 is 7.13. The lowest BCUT2D eigenvalue weighted by Gasteiger charge is -2.11. The first-order valence-corrected chi connectivity index (χ1v) is 7.94. The van der Waals surface area contributed by atoms with Gasteiger partial charge in [0.1, 0.15) is 12.4 Å². The van der Waals surface area contributed by atoms with E-state index in [0.29, 0.717) is 34.5 Å². The predicted octanol–water partition coefficient (Wildman–Crippen LogP) is 3.47. The topological polar surface area (TPSA) is 64.6 Å². The van der Waals surface area contributed by atoms with Crippen LogP contribution >= 0.6 is 23.4 Å². The number of ether oxygens (including phenoxy) is 2. The van der Waals surface area contributed by atoms with E-state index in [0.717, 1.165) is 11.8 Å². The highest BCUT2D eigenvalue weighted by Gasteiger charge is 2.25. The van der Waals surface area contributed by atoms with Crippen LogP contribution in [0.15, 0.2) is 23.1 Å². The lowest BCUT2D eigenvalue weighted by molar-refractivity contribution is -0.115. The van der Waals surface area contributed by atoms with Crippen molar-refractivity contribution >= 4 is 40.6 Å². The highest BCUT2D eigenvalue weighted by molar-refractivity contribution is 8.18. The fourth-order valence-electron chi connectivity index (χ4n) is 1.75. The van der Waals surface area contributed by atoms with Crippen LogP contribution in [0.4, 0.5) is 4.79 Å². The van der Waals surface area contributed by atoms with Crippen molar-refractivity contribution < 1.29 is 19.1 Å². The maximum atomic E-state index is 11.5. The molecule has 2 amide bonds. The van der Waals surface area contributed by atoms with Crippen LogP contribution < -0.4 is 10.1 Å². The van der Waals surface area contributed by atoms with E-state index in [-0.39, 0.29) is 11.3 Å². The predicted molar refractivity (Wildman–Crippen MR) is 87.1 cm³/mol. The smallest absolute Gasteiger partial charge is 0.290 e. The highest BCUT2D eigenvalue weighted by atomic mass is 35.5. The molecule has 1 heterocycles. The van der Waals surface area contributed by atoms with Gasteiger partial charge in [-0.3, -0.25) is 14.9 Å². The van der Waals surface area contributed by atoms with E-state index >= 15 is 0 Å². The van der Waals surface area contributed by atoms with Crippen molar-refractivity contribution in [3.63, 3.8) is 0 Å². The maximum Gasteiger partial charge on any atom is 0.290 e. The van der Waals surface area contributed by atoms with Gasteiger partial charge in [-0.05, 0) is 43.3 Å². The zero-order valence-electron chi connectivity index (χ0n) is 12.2. The Hall–Kier alpha value is -1.50. The number of benzene rings is 1. The number of hydrogen-bond donors (Lipinski definition) is 1. The Balaban J connectivity index is 2.07. The van der Waals surface area contributed by atoms with E-state index in [9.17, 15) is 9.59 Å². The molecule has 0 unspecified atom stereocenters. The third-order valence-corrected chi connectivity index (χ3v) is 3.93. The zero-order chi connectivity index (χ0) is 16.1. The van der Waals surface area contributed by atoms with Crippen molar-refractivity contribution in [3.8, 4) is 5.75 Å². The minimum atomic E-state index is -0.414. The van der Waals surface area contributed by atoms with Crippen LogP contribution in [-0.4, -0.2) is 30.5 Å². The molecule has 0 aromatic heterocycles. The number of carbonyl (C=O) groups excluding carboxylic acids is 2. The summed E-state index contributed by atoms with van der Waals surface area (Å²) in [5.41, 5.74) is 0.622. The molecule has 0 saturated carbocycles. The molecule has 7 heteroatoms. The van der Waals surface area contributed by atoms with Crippen LogP contribution in [0.25, 0.3) is 6.08 Å². The SMILES string of the molecule is CC(C)OCCOc1cccc(/C=C2\SC(=O)NC2=O)c1Cl. The fourth-order valence-corrected chi connectivity index (χ4v) is 2.66. The van der Waals surface area contributed by atoms with Crippen molar-refractivity contribution in [2.75, 3.05) is 13.2 Å². The van der Waals surface area contributed by atoms with Gasteiger partial charge in [0.15, 0.2) is 0 Å². The number of carbonyl (C=O) groups is 2. The number of nitrogens with one attached hydrogen (secondary N) is 1. The first kappa shape index (κ1) is 16.9. The van der Waals surface area contributed by atoms with E-state index in [1.54, 1.807) is 24.3 Å². The third kappa shape index (κ3) is 4.50. The molecule has 2 rings (SSSR count). The lowest BCUT2D eigenvalue weighted by atomic mass is 10.2. The fraction of sp³-hybridized carbons (Fsp3) is 0.333. The molecule has 1 aromatic rings. The van der Waals surface area contributed by atoms with Crippen LogP contribution in [0.3, 0.4) is 0 Å². The summed E-state index contributed by atoms with van der Waals surface area (Å²) in [6.45, 7) is 4.74. The molecule has 1 saturated heterocycles. The number of rotatable bonds is 6. The Morgan fingerprint density at radius 3 is 2.73 bits per heavy atom. The number of imide groups is 1. The van der Waals surface area contributed by atoms with Gasteiger partial charge in [0.25, 0.3) is 11.1 Å². The molecule has 1 aliphatic rings. The molecule has 0 aliphatic carbocycles. The van der Waals surface area contributed by atoms with Crippen LogP contribution in [0, 0.1) is 0 Å². The molecule has 1 aromatic carbocycles. The van der Waals surface area contributed by atoms with Gasteiger partial charge in [-0.15, -0.1) is 0 Å². The van der Waals surface area contributed by atoms with Crippen molar-refractivity contribution in [1.29, 1.82) is 0 Å². The summed E-state index contributed by atoms with van der Waals surface area (Å²) in [6, 6.07) is 5.27. The lowest BCUT2D eigenvalue weighted by Crippen LogP contribution is -2.17. The van der Waals surface area contributed by atoms with Crippen LogP contribution in [-0.2, 0) is 9.53 Å². The number of thioether (sulfide) groups is 1. The average Bonchev–Trinajstić information content (AvgIpc) is 2.76. The number of halogens is 1. The van der Waals surface area contributed by atoms with E-state index in [1.807, 2.05) is 13.8 Å². The monoisotopic (exact) mass is 341 g/mol. The summed E-state index contributed by atoms with van der Waals surface area (Å²) in [5, 5.41) is 2.21. The highest BCUT2D eigenvalue weighted by Crippen LogP contribution is 2.32. The van der Waals surface area contributed by atoms with Crippen LogP contribution in [0.2, 0.25) is 5.02 Å². The molecule has 0 spiro atoms. The summed E-state index contributed by atoms with van der Waals surface area (Å²) in [5.74, 6) is 0.0980. The minimum absolute atomic E-state index is 0.144. The minimum Gasteiger partial charge on any atom is -0.490 e. The molecule has 0 bridgehead atoms. The third-order valence-electron chi connectivity index (χ3n) is 2.71. The van der Waals surface area contributed by atoms with Crippen molar-refractivity contribution in [1.82, 2.24) is 5.32 Å². The first-order chi connectivity index (χ1) is 10.5. The summed E-state index contributed by atoms with van der Waals surface area (Å²) in [4.78, 5) is 23.0. The standard InChI is InChI=1S/C15H16ClNO4S/c1-9(2)20-6-7-21-11-5-3-4-10(13(11)16)8-12-14(18)17-15(19)22-12/h3-5,8-9H,6-7H2,1-2H3,(H,17,18,19)/b12-8-. The Bertz CT molecular complexity index is 616. The molecular formula is C15H16ClNO4S. The van der Waals surface area contributed by atoms with E-state index in [2.05, 4.69) is 5.32 Å². The molecule has 22 heavy (non-hydrogen) atoms. The molecule has 0 atom stereocenters. The van der Waals surface area contributed by atoms with E-state index in [4.69, 9.17) is 21.1 Å². The second-order valence-electron chi connectivity index (χ2n) is 4.78. The van der Waals surface area contributed by atoms with Gasteiger partial charge in [0.2, 0.25) is 0 Å². The van der Waals surface area contributed by atoms with Crippen molar-refractivity contribution in [3.05, 3.63) is 33.7 Å². The normalized spacial score (nSPS) is 16.5. The second-order valence-corrected chi connectivity index (χ2v) is 6.17. The van der Waals surface area contributed by atoms with Crippen LogP contribution in [0.1, 0.15) is 19.4 Å². The average molecular weight is 342 g/mol. The number of amides is 2. The van der Waals surface area contributed by atoms with Crippen LogP contribution in [0.5, 0.6) is 5.75 Å². The second kappa shape index (κ2) is 7.67. The van der Waals surface area contributed by atoms with Gasteiger partial charge in [0.05, 0.1) is 22.6 Å². The van der Waals surface area contributed by atoms with E-state index in [1.165, 1.54) is 0 Å². The van der Waals surface area contributed by atoms with Crippen molar-refractivity contribution in [2.45, 2.75) is 20.0 Å². The molecule has 1 fully saturated rings. The van der Waals surface area contributed by atoms with Crippen molar-refractivity contribution in [2.24, 2.45) is 0 Å². The Kier molecular flexibility index (Phi) is 5.88. The van der Waals surface area contributed by atoms with Gasteiger partial charge in [-0.2, -0.15) is 0 Å². The molecule has 1 N–H and O–H groups in total. The van der Waals surface area contributed by atoms with Gasteiger partial charge in [0, 0.05) is 0 Å². The van der Waals surface area contributed by atoms with Gasteiger partial charge >= 0.3 is 0 Å². The Labute approximate surface area is 138 Å². The Morgan fingerprint density at radius 1 is 1.32 bits per heavy atom. The van der Waals surface area contributed by atoms with Gasteiger partial charge in [-0.1, -0.05) is 23.7 Å². The summed E-state index contributed by atoms with van der Waals surface area (Å²) in [6.07, 6.45) is 1.72. The van der Waals surface area contributed by atoms with Gasteiger partial charge < -0.3 is 9.47 Å². The van der Waals surface area contributed by atoms with E-state index < -0.39 is 5.91 Å². The largest absolute Gasteiger partial charge is 0.490 e. The molecule has 118 valence electrons. The number of hydrogen-bond acceptors (Lipinski definition) is 5. The quantitative estimate of drug-likeness (QED) is 0.634. The Morgan fingerprint density at radius 2 is 2.09 bits per heavy atom. The molecular weight excluding hydrogens is 326 g/mol. The zero-order valence-corrected chi connectivity index (χ0v) is 13.8. The molecule has 1 aliphatic heterocycles. The van der Waals surface area contributed by atoms with Gasteiger partial charge in [-0.25, -0.2) is 0 Å². The molecule has 5 nitrogen and oxygen atoms in total.